The Morgan fingerprint density at radius 1 is 1.22 bits per heavy atom. The second kappa shape index (κ2) is 7.48. The highest BCUT2D eigenvalue weighted by atomic mass is 32.1. The van der Waals surface area contributed by atoms with Gasteiger partial charge in [0.2, 0.25) is 0 Å². The van der Waals surface area contributed by atoms with E-state index in [9.17, 15) is 5.11 Å². The first-order valence-corrected chi connectivity index (χ1v) is 9.43. The molecule has 0 bridgehead atoms. The lowest BCUT2D eigenvalue weighted by atomic mass is 10.1. The molecule has 4 rings (SSSR count). The smallest absolute Gasteiger partial charge is 0.140 e. The van der Waals surface area contributed by atoms with Crippen LogP contribution in [0.1, 0.15) is 29.6 Å². The molecule has 0 aliphatic rings. The number of thiophene rings is 1. The maximum absolute atomic E-state index is 10.7. The van der Waals surface area contributed by atoms with Crippen LogP contribution in [0.3, 0.4) is 0 Å². The summed E-state index contributed by atoms with van der Waals surface area (Å²) in [7, 11) is 1.65. The van der Waals surface area contributed by atoms with Crippen LogP contribution < -0.4 is 10.1 Å². The first kappa shape index (κ1) is 17.7. The number of hydrogen-bond donors (Lipinski definition) is 3. The molecular weight excluding hydrogens is 360 g/mol. The van der Waals surface area contributed by atoms with Crippen LogP contribution in [0.15, 0.2) is 54.9 Å². The number of nitrogens with zero attached hydrogens (tertiary/aromatic N) is 2. The molecule has 6 nitrogen and oxygen atoms in total. The van der Waals surface area contributed by atoms with Crippen molar-refractivity contribution in [3.63, 3.8) is 0 Å². The molecule has 0 amide bonds. The van der Waals surface area contributed by atoms with Gasteiger partial charge >= 0.3 is 0 Å². The van der Waals surface area contributed by atoms with Gasteiger partial charge < -0.3 is 9.84 Å². The minimum Gasteiger partial charge on any atom is -0.497 e. The largest absolute Gasteiger partial charge is 0.497 e. The van der Waals surface area contributed by atoms with Crippen LogP contribution >= 0.6 is 11.3 Å². The van der Waals surface area contributed by atoms with Crippen LogP contribution in [-0.2, 0) is 0 Å². The molecule has 3 N–H and O–H groups in total. The molecule has 27 heavy (non-hydrogen) atoms. The summed E-state index contributed by atoms with van der Waals surface area (Å²) in [5.74, 6) is 0.800. The Morgan fingerprint density at radius 2 is 2.11 bits per heavy atom. The topological polar surface area (TPSA) is 83.1 Å². The quantitative estimate of drug-likeness (QED) is 0.440. The normalized spacial score (nSPS) is 13.6. The van der Waals surface area contributed by atoms with E-state index >= 15 is 0 Å². The number of nitrogens with one attached hydrogen (secondary N) is 2. The van der Waals surface area contributed by atoms with E-state index in [-0.39, 0.29) is 6.04 Å². The van der Waals surface area contributed by atoms with Gasteiger partial charge in [0.15, 0.2) is 0 Å². The summed E-state index contributed by atoms with van der Waals surface area (Å²) in [6.07, 6.45) is 2.78. The molecule has 3 aromatic heterocycles. The van der Waals surface area contributed by atoms with E-state index in [1.54, 1.807) is 13.3 Å². The number of ether oxygens (including phenoxy) is 1. The van der Waals surface area contributed by atoms with Crippen molar-refractivity contribution in [2.75, 3.05) is 7.11 Å². The van der Waals surface area contributed by atoms with E-state index in [1.807, 2.05) is 55.6 Å². The number of hydrogen-bond acceptors (Lipinski definition) is 6. The number of aliphatic hydroxyl groups is 1. The first-order chi connectivity index (χ1) is 13.1. The Kier molecular flexibility index (Phi) is 4.89. The number of rotatable bonds is 6. The van der Waals surface area contributed by atoms with Crippen molar-refractivity contribution < 1.29 is 9.84 Å². The van der Waals surface area contributed by atoms with E-state index in [0.29, 0.717) is 0 Å². The summed E-state index contributed by atoms with van der Waals surface area (Å²) in [5, 5.41) is 21.7. The van der Waals surface area contributed by atoms with E-state index in [1.165, 1.54) is 11.3 Å². The van der Waals surface area contributed by atoms with Gasteiger partial charge in [0.25, 0.3) is 0 Å². The molecule has 0 aliphatic heterocycles. The van der Waals surface area contributed by atoms with E-state index in [0.717, 1.165) is 37.7 Å². The number of H-pyrrole nitrogens is 1. The zero-order valence-electron chi connectivity index (χ0n) is 15.0. The number of fused-ring (bicyclic) bond motifs is 1. The molecule has 7 heteroatoms. The second-order valence-electron chi connectivity index (χ2n) is 6.29. The summed E-state index contributed by atoms with van der Waals surface area (Å²) in [6, 6.07) is 13.7. The third-order valence-corrected chi connectivity index (χ3v) is 5.56. The van der Waals surface area contributed by atoms with Gasteiger partial charge in [-0.15, -0.1) is 11.3 Å². The number of aromatic nitrogens is 3. The molecule has 0 radical (unpaired) electrons. The fourth-order valence-corrected chi connectivity index (χ4v) is 3.93. The maximum Gasteiger partial charge on any atom is 0.140 e. The van der Waals surface area contributed by atoms with E-state index < -0.39 is 6.23 Å². The van der Waals surface area contributed by atoms with Gasteiger partial charge in [-0.2, -0.15) is 5.10 Å². The molecule has 4 aromatic rings. The van der Waals surface area contributed by atoms with Gasteiger partial charge in [0.1, 0.15) is 16.8 Å². The molecule has 0 saturated carbocycles. The van der Waals surface area contributed by atoms with Gasteiger partial charge in [-0.05, 0) is 42.8 Å². The van der Waals surface area contributed by atoms with Crippen molar-refractivity contribution in [2.45, 2.75) is 19.2 Å². The van der Waals surface area contributed by atoms with Crippen molar-refractivity contribution in [2.24, 2.45) is 0 Å². The zero-order chi connectivity index (χ0) is 18.8. The Morgan fingerprint density at radius 3 is 2.89 bits per heavy atom. The zero-order valence-corrected chi connectivity index (χ0v) is 15.8. The molecule has 1 unspecified atom stereocenters. The van der Waals surface area contributed by atoms with Gasteiger partial charge in [0, 0.05) is 23.2 Å². The fraction of sp³-hybridized carbons (Fsp3) is 0.200. The van der Waals surface area contributed by atoms with Crippen LogP contribution in [0.25, 0.3) is 21.5 Å². The number of benzene rings is 1. The lowest BCUT2D eigenvalue weighted by Crippen LogP contribution is -2.23. The van der Waals surface area contributed by atoms with Crippen LogP contribution in [0.4, 0.5) is 0 Å². The summed E-state index contributed by atoms with van der Waals surface area (Å²) in [5.41, 5.74) is 2.85. The van der Waals surface area contributed by atoms with Crippen molar-refractivity contribution in [1.82, 2.24) is 20.5 Å². The third kappa shape index (κ3) is 3.71. The fourth-order valence-electron chi connectivity index (χ4n) is 2.95. The average Bonchev–Trinajstić information content (AvgIpc) is 3.37. The molecule has 0 saturated heterocycles. The lowest BCUT2D eigenvalue weighted by molar-refractivity contribution is 0.129. The summed E-state index contributed by atoms with van der Waals surface area (Å²) < 4.78 is 5.27. The van der Waals surface area contributed by atoms with Crippen LogP contribution in [0, 0.1) is 0 Å². The highest BCUT2D eigenvalue weighted by Gasteiger charge is 2.16. The molecule has 0 aliphatic carbocycles. The van der Waals surface area contributed by atoms with Crippen LogP contribution in [0.5, 0.6) is 5.75 Å². The molecule has 0 fully saturated rings. The first-order valence-electron chi connectivity index (χ1n) is 8.62. The minimum atomic E-state index is -0.775. The Balaban J connectivity index is 1.54. The number of methoxy groups -OCH3 is 1. The molecular formula is C20H20N4O2S. The predicted molar refractivity (Wildman–Crippen MR) is 107 cm³/mol. The number of aromatic amines is 1. The standard InChI is InChI=1S/C20H20N4O2S/c1-12(13-4-3-5-16(8-13)26-2)23-19(25)18-9-14-6-7-17(24-20(14)27-18)15-10-21-22-11-15/h3-12,19,23,25H,1-2H3,(H,21,22)/t12-,19?/m1/s1. The minimum absolute atomic E-state index is 0.0326. The highest BCUT2D eigenvalue weighted by Crippen LogP contribution is 2.31. The van der Waals surface area contributed by atoms with Gasteiger partial charge in [0.05, 0.1) is 23.9 Å². The van der Waals surface area contributed by atoms with Crippen molar-refractivity contribution in [3.05, 3.63) is 65.3 Å². The monoisotopic (exact) mass is 380 g/mol. The predicted octanol–water partition coefficient (Wildman–Crippen LogP) is 4.04. The summed E-state index contributed by atoms with van der Waals surface area (Å²) >= 11 is 1.48. The van der Waals surface area contributed by atoms with Gasteiger partial charge in [-0.1, -0.05) is 12.1 Å². The SMILES string of the molecule is COc1cccc([C@@H](C)NC(O)c2cc3ccc(-c4cn[nH]c4)nc3s2)c1. The average molecular weight is 380 g/mol. The Hall–Kier alpha value is -2.74. The Bertz CT molecular complexity index is 1050. The van der Waals surface area contributed by atoms with Gasteiger partial charge in [-0.3, -0.25) is 10.4 Å². The lowest BCUT2D eigenvalue weighted by Gasteiger charge is -2.19. The van der Waals surface area contributed by atoms with E-state index in [4.69, 9.17) is 4.74 Å². The van der Waals surface area contributed by atoms with Crippen molar-refractivity contribution >= 4 is 21.6 Å². The van der Waals surface area contributed by atoms with E-state index in [2.05, 4.69) is 20.5 Å². The van der Waals surface area contributed by atoms with Crippen molar-refractivity contribution in [3.8, 4) is 17.0 Å². The van der Waals surface area contributed by atoms with Crippen LogP contribution in [-0.4, -0.2) is 27.4 Å². The molecule has 1 aromatic carbocycles. The molecule has 138 valence electrons. The molecule has 0 spiro atoms. The summed E-state index contributed by atoms with van der Waals surface area (Å²) in [4.78, 5) is 6.40. The Labute approximate surface area is 160 Å². The number of pyridine rings is 1. The molecule has 2 atom stereocenters. The summed E-state index contributed by atoms with van der Waals surface area (Å²) in [6.45, 7) is 2.01. The molecule has 3 heterocycles. The highest BCUT2D eigenvalue weighted by molar-refractivity contribution is 7.18. The second-order valence-corrected chi connectivity index (χ2v) is 7.36. The van der Waals surface area contributed by atoms with Crippen LogP contribution in [0.2, 0.25) is 0 Å². The van der Waals surface area contributed by atoms with Crippen molar-refractivity contribution in [1.29, 1.82) is 0 Å². The number of aliphatic hydroxyl groups excluding tert-OH is 1. The maximum atomic E-state index is 10.7. The van der Waals surface area contributed by atoms with Gasteiger partial charge in [-0.25, -0.2) is 4.98 Å². The third-order valence-electron chi connectivity index (χ3n) is 4.47.